The van der Waals surface area contributed by atoms with Gasteiger partial charge in [-0.15, -0.1) is 0 Å². The van der Waals surface area contributed by atoms with Crippen LogP contribution in [0.5, 0.6) is 0 Å². The summed E-state index contributed by atoms with van der Waals surface area (Å²) in [6, 6.07) is 7.94. The molecule has 0 spiro atoms. The lowest BCUT2D eigenvalue weighted by Gasteiger charge is -2.06. The van der Waals surface area contributed by atoms with Crippen LogP contribution < -0.4 is 16.6 Å². The number of likely N-dealkylation sites (N-methyl/N-ethyl adjacent to an activating group) is 1. The summed E-state index contributed by atoms with van der Waals surface area (Å²) >= 11 is 0. The van der Waals surface area contributed by atoms with Crippen LogP contribution in [0.15, 0.2) is 46.2 Å². The fraction of sp³-hybridized carbons (Fsp3) is 0.294. The molecule has 3 rings (SSSR count). The molecule has 0 atom stereocenters. The maximum Gasteiger partial charge on any atom is 0.332 e. The normalized spacial score (nSPS) is 10.3. The van der Waals surface area contributed by atoms with Crippen molar-refractivity contribution in [1.82, 2.24) is 24.0 Å². The van der Waals surface area contributed by atoms with Gasteiger partial charge in [-0.25, -0.2) is 14.2 Å². The van der Waals surface area contributed by atoms with Crippen molar-refractivity contribution in [2.24, 2.45) is 14.1 Å². The van der Waals surface area contributed by atoms with E-state index in [4.69, 9.17) is 0 Å². The van der Waals surface area contributed by atoms with Crippen LogP contribution >= 0.6 is 0 Å². The predicted octanol–water partition coefficient (Wildman–Crippen LogP) is 0.395. The van der Waals surface area contributed by atoms with Crippen LogP contribution in [-0.2, 0) is 25.4 Å². The topological polar surface area (TPSA) is 90.9 Å². The minimum atomic E-state index is -0.458. The molecule has 8 nitrogen and oxygen atoms in total. The number of rotatable bonds is 3. The van der Waals surface area contributed by atoms with E-state index in [0.29, 0.717) is 6.54 Å². The molecule has 0 unspecified atom stereocenters. The predicted molar refractivity (Wildman–Crippen MR) is 95.3 cm³/mol. The van der Waals surface area contributed by atoms with Gasteiger partial charge in [-0.05, 0) is 19.1 Å². The number of nitrogens with one attached hydrogen (secondary N) is 1. The fourth-order valence-corrected chi connectivity index (χ4v) is 2.34. The molecule has 0 aliphatic rings. The Hall–Kier alpha value is -3.23. The summed E-state index contributed by atoms with van der Waals surface area (Å²) < 4.78 is 15.6. The van der Waals surface area contributed by atoms with Crippen molar-refractivity contribution in [3.8, 4) is 0 Å². The van der Waals surface area contributed by atoms with Gasteiger partial charge >= 0.3 is 5.69 Å². The summed E-state index contributed by atoms with van der Waals surface area (Å²) in [5.74, 6) is -0.389. The highest BCUT2D eigenvalue weighted by Gasteiger charge is 2.15. The van der Waals surface area contributed by atoms with E-state index < -0.39 is 11.2 Å². The molecule has 1 amide bonds. The van der Waals surface area contributed by atoms with E-state index >= 15 is 0 Å². The minimum absolute atomic E-state index is 0.00220. The van der Waals surface area contributed by atoms with Gasteiger partial charge in [-0.3, -0.25) is 18.7 Å². The summed E-state index contributed by atoms with van der Waals surface area (Å²) in [5, 5.41) is 2.64. The molecule has 9 heteroatoms. The third-order valence-electron chi connectivity index (χ3n) is 3.64. The van der Waals surface area contributed by atoms with Gasteiger partial charge in [0.15, 0.2) is 11.2 Å². The first-order valence-electron chi connectivity index (χ1n) is 7.94. The van der Waals surface area contributed by atoms with E-state index in [2.05, 4.69) is 10.3 Å². The molecule has 0 bridgehead atoms. The standard InChI is InChI=1S/C11H15N5O3.C6H5F/c1-4-12-7(17)5-16-6-13-9-8(16)10(18)15(3)11(19)14(9)2;7-6-4-2-1-3-5-6/h6H,4-5H2,1-3H3,(H,12,17);1-5H. The maximum atomic E-state index is 12.1. The Labute approximate surface area is 148 Å². The molecule has 0 fully saturated rings. The van der Waals surface area contributed by atoms with Gasteiger partial charge < -0.3 is 9.88 Å². The van der Waals surface area contributed by atoms with Gasteiger partial charge in [0.1, 0.15) is 12.4 Å². The quantitative estimate of drug-likeness (QED) is 0.731. The van der Waals surface area contributed by atoms with Crippen molar-refractivity contribution in [2.45, 2.75) is 13.5 Å². The number of hydrogen-bond acceptors (Lipinski definition) is 4. The van der Waals surface area contributed by atoms with Gasteiger partial charge in [-0.2, -0.15) is 0 Å². The highest BCUT2D eigenvalue weighted by molar-refractivity contribution is 5.78. The number of imidazole rings is 1. The van der Waals surface area contributed by atoms with Crippen molar-refractivity contribution >= 4 is 17.1 Å². The highest BCUT2D eigenvalue weighted by Crippen LogP contribution is 2.04. The fourth-order valence-electron chi connectivity index (χ4n) is 2.34. The Balaban J connectivity index is 0.000000290. The zero-order valence-electron chi connectivity index (χ0n) is 14.8. The molecular formula is C17H20FN5O3. The Morgan fingerprint density at radius 3 is 2.35 bits per heavy atom. The van der Waals surface area contributed by atoms with Gasteiger partial charge in [-0.1, -0.05) is 18.2 Å². The summed E-state index contributed by atoms with van der Waals surface area (Å²) in [4.78, 5) is 39.4. The molecule has 2 aromatic heterocycles. The molecule has 0 saturated carbocycles. The average molecular weight is 361 g/mol. The number of amides is 1. The third-order valence-corrected chi connectivity index (χ3v) is 3.64. The number of aromatic nitrogens is 4. The molecule has 1 N–H and O–H groups in total. The largest absolute Gasteiger partial charge is 0.355 e. The van der Waals surface area contributed by atoms with Crippen molar-refractivity contribution in [1.29, 1.82) is 0 Å². The van der Waals surface area contributed by atoms with Crippen LogP contribution in [-0.4, -0.2) is 31.1 Å². The summed E-state index contributed by atoms with van der Waals surface area (Å²) in [7, 11) is 2.93. The lowest BCUT2D eigenvalue weighted by atomic mass is 10.4. The number of hydrogen-bond donors (Lipinski definition) is 1. The van der Waals surface area contributed by atoms with Gasteiger partial charge in [0.2, 0.25) is 5.91 Å². The number of benzene rings is 1. The van der Waals surface area contributed by atoms with Crippen LogP contribution in [0.1, 0.15) is 6.92 Å². The molecule has 0 saturated heterocycles. The second kappa shape index (κ2) is 8.24. The molecule has 0 radical (unpaired) electrons. The van der Waals surface area contributed by atoms with E-state index in [1.165, 1.54) is 41.7 Å². The van der Waals surface area contributed by atoms with Crippen LogP contribution in [0.3, 0.4) is 0 Å². The molecule has 138 valence electrons. The molecule has 3 aromatic rings. The smallest absolute Gasteiger partial charge is 0.332 e. The Morgan fingerprint density at radius 1 is 1.15 bits per heavy atom. The lowest BCUT2D eigenvalue weighted by molar-refractivity contribution is -0.121. The van der Waals surface area contributed by atoms with E-state index in [0.717, 1.165) is 4.57 Å². The molecule has 0 aliphatic carbocycles. The van der Waals surface area contributed by atoms with E-state index in [9.17, 15) is 18.8 Å². The van der Waals surface area contributed by atoms with Crippen molar-refractivity contribution in [3.05, 3.63) is 63.3 Å². The second-order valence-electron chi connectivity index (χ2n) is 5.50. The van der Waals surface area contributed by atoms with Crippen LogP contribution in [0.25, 0.3) is 11.2 Å². The van der Waals surface area contributed by atoms with Gasteiger partial charge in [0, 0.05) is 20.6 Å². The van der Waals surface area contributed by atoms with E-state index in [1.807, 2.05) is 6.92 Å². The van der Waals surface area contributed by atoms with Gasteiger partial charge in [0.25, 0.3) is 5.56 Å². The number of fused-ring (bicyclic) bond motifs is 1. The third kappa shape index (κ3) is 4.05. The molecule has 26 heavy (non-hydrogen) atoms. The van der Waals surface area contributed by atoms with E-state index in [1.54, 1.807) is 18.2 Å². The summed E-state index contributed by atoms with van der Waals surface area (Å²) in [5.41, 5.74) is -0.381. The monoisotopic (exact) mass is 361 g/mol. The van der Waals surface area contributed by atoms with Crippen molar-refractivity contribution in [3.63, 3.8) is 0 Å². The lowest BCUT2D eigenvalue weighted by Crippen LogP contribution is -2.38. The summed E-state index contributed by atoms with van der Waals surface area (Å²) in [6.45, 7) is 2.33. The van der Waals surface area contributed by atoms with Crippen LogP contribution in [0.2, 0.25) is 0 Å². The zero-order chi connectivity index (χ0) is 19.3. The first-order valence-corrected chi connectivity index (χ1v) is 7.94. The van der Waals surface area contributed by atoms with Crippen LogP contribution in [0, 0.1) is 5.82 Å². The number of carbonyl (C=O) groups excluding carboxylic acids is 1. The number of nitrogens with zero attached hydrogens (tertiary/aromatic N) is 4. The Kier molecular flexibility index (Phi) is 6.05. The first-order chi connectivity index (χ1) is 12.4. The van der Waals surface area contributed by atoms with Crippen LogP contribution in [0.4, 0.5) is 4.39 Å². The molecule has 0 aliphatic heterocycles. The highest BCUT2D eigenvalue weighted by atomic mass is 19.1. The Bertz CT molecular complexity index is 1020. The van der Waals surface area contributed by atoms with E-state index in [-0.39, 0.29) is 29.4 Å². The number of aryl methyl sites for hydroxylation is 1. The molecular weight excluding hydrogens is 341 g/mol. The van der Waals surface area contributed by atoms with Crippen molar-refractivity contribution < 1.29 is 9.18 Å². The molecule has 1 aromatic carbocycles. The molecule has 2 heterocycles. The second-order valence-corrected chi connectivity index (χ2v) is 5.50. The first kappa shape index (κ1) is 19.1. The van der Waals surface area contributed by atoms with Crippen molar-refractivity contribution in [2.75, 3.05) is 6.54 Å². The summed E-state index contributed by atoms with van der Waals surface area (Å²) in [6.07, 6.45) is 1.39. The Morgan fingerprint density at radius 2 is 1.81 bits per heavy atom. The number of halogens is 1. The maximum absolute atomic E-state index is 12.1. The number of carbonyl (C=O) groups is 1. The SMILES string of the molecule is CCNC(=O)Cn1cnc2c1c(=O)n(C)c(=O)n2C.Fc1ccccc1. The van der Waals surface area contributed by atoms with Gasteiger partial charge in [0.05, 0.1) is 6.33 Å². The average Bonchev–Trinajstić information content (AvgIpc) is 3.03. The zero-order valence-corrected chi connectivity index (χ0v) is 14.8. The minimum Gasteiger partial charge on any atom is -0.355 e.